The van der Waals surface area contributed by atoms with Gasteiger partial charge in [0.05, 0.1) is 19.4 Å². The SMILES string of the molecule is CCOC(=O)COc1cc(Br)c(C=NNC(=O)Nc2ccccc2C)cc1OCC. The molecule has 160 valence electrons. The summed E-state index contributed by atoms with van der Waals surface area (Å²) in [7, 11) is 0. The fraction of sp³-hybridized carbons (Fsp3) is 0.286. The van der Waals surface area contributed by atoms with Crippen LogP contribution in [0.15, 0.2) is 46.0 Å². The second kappa shape index (κ2) is 11.8. The first-order valence-corrected chi connectivity index (χ1v) is 10.1. The first kappa shape index (κ1) is 23.2. The molecule has 0 unspecified atom stereocenters. The summed E-state index contributed by atoms with van der Waals surface area (Å²) >= 11 is 3.43. The Morgan fingerprint density at radius 2 is 1.83 bits per heavy atom. The quantitative estimate of drug-likeness (QED) is 0.319. The average Bonchev–Trinajstić information content (AvgIpc) is 2.71. The maximum absolute atomic E-state index is 12.0. The summed E-state index contributed by atoms with van der Waals surface area (Å²) in [5.74, 6) is 0.362. The Balaban J connectivity index is 2.05. The first-order valence-electron chi connectivity index (χ1n) is 9.35. The Bertz CT molecular complexity index is 918. The number of benzene rings is 2. The van der Waals surface area contributed by atoms with Crippen LogP contribution in [-0.2, 0) is 9.53 Å². The standard InChI is InChI=1S/C21H24BrN3O5/c1-4-28-18-10-15(16(22)11-19(18)30-13-20(26)29-5-2)12-23-25-21(27)24-17-9-7-6-8-14(17)3/h6-12H,4-5,13H2,1-3H3,(H2,24,25,27). The molecule has 0 bridgehead atoms. The number of halogens is 1. The highest BCUT2D eigenvalue weighted by molar-refractivity contribution is 9.10. The van der Waals surface area contributed by atoms with Gasteiger partial charge in [-0.25, -0.2) is 15.0 Å². The number of ether oxygens (including phenoxy) is 3. The van der Waals surface area contributed by atoms with Crippen LogP contribution < -0.4 is 20.2 Å². The molecule has 2 N–H and O–H groups in total. The van der Waals surface area contributed by atoms with Gasteiger partial charge in [0.15, 0.2) is 18.1 Å². The monoisotopic (exact) mass is 477 g/mol. The van der Waals surface area contributed by atoms with Crippen LogP contribution in [-0.4, -0.2) is 38.0 Å². The van der Waals surface area contributed by atoms with Gasteiger partial charge < -0.3 is 19.5 Å². The molecule has 0 spiro atoms. The molecule has 30 heavy (non-hydrogen) atoms. The third-order valence-electron chi connectivity index (χ3n) is 3.78. The number of nitrogens with zero attached hydrogens (tertiary/aromatic N) is 1. The van der Waals surface area contributed by atoms with Gasteiger partial charge >= 0.3 is 12.0 Å². The molecule has 2 rings (SSSR count). The van der Waals surface area contributed by atoms with Crippen LogP contribution in [0.25, 0.3) is 0 Å². The summed E-state index contributed by atoms with van der Waals surface area (Å²) in [6.45, 7) is 5.92. The van der Waals surface area contributed by atoms with Crippen molar-refractivity contribution in [1.29, 1.82) is 0 Å². The number of nitrogens with one attached hydrogen (secondary N) is 2. The van der Waals surface area contributed by atoms with Crippen molar-refractivity contribution in [2.75, 3.05) is 25.1 Å². The van der Waals surface area contributed by atoms with E-state index in [2.05, 4.69) is 31.8 Å². The Kier molecular flexibility index (Phi) is 9.14. The molecular weight excluding hydrogens is 454 g/mol. The van der Waals surface area contributed by atoms with E-state index in [0.29, 0.717) is 33.8 Å². The fourth-order valence-corrected chi connectivity index (χ4v) is 2.82. The van der Waals surface area contributed by atoms with E-state index in [1.807, 2.05) is 32.0 Å². The number of hydrogen-bond donors (Lipinski definition) is 2. The summed E-state index contributed by atoms with van der Waals surface area (Å²) in [6, 6.07) is 10.3. The number of hydrogen-bond acceptors (Lipinski definition) is 6. The van der Waals surface area contributed by atoms with Crippen molar-refractivity contribution in [2.45, 2.75) is 20.8 Å². The van der Waals surface area contributed by atoms with Crippen LogP contribution in [0.2, 0.25) is 0 Å². The second-order valence-corrected chi connectivity index (χ2v) is 6.84. The van der Waals surface area contributed by atoms with Gasteiger partial charge in [-0.1, -0.05) is 18.2 Å². The van der Waals surface area contributed by atoms with E-state index in [9.17, 15) is 9.59 Å². The maximum atomic E-state index is 12.0. The molecule has 0 aliphatic rings. The van der Waals surface area contributed by atoms with Crippen molar-refractivity contribution >= 4 is 39.8 Å². The van der Waals surface area contributed by atoms with E-state index in [4.69, 9.17) is 14.2 Å². The van der Waals surface area contributed by atoms with Crippen LogP contribution in [0.1, 0.15) is 25.0 Å². The summed E-state index contributed by atoms with van der Waals surface area (Å²) in [6.07, 6.45) is 1.47. The van der Waals surface area contributed by atoms with Gasteiger partial charge in [-0.3, -0.25) is 0 Å². The summed E-state index contributed by atoms with van der Waals surface area (Å²) in [4.78, 5) is 23.6. The molecule has 0 atom stereocenters. The molecule has 9 heteroatoms. The first-order chi connectivity index (χ1) is 14.4. The number of carbonyl (C=O) groups excluding carboxylic acids is 2. The molecule has 2 aromatic rings. The molecule has 0 saturated carbocycles. The van der Waals surface area contributed by atoms with Gasteiger partial charge in [0.2, 0.25) is 0 Å². The van der Waals surface area contributed by atoms with Gasteiger partial charge in [-0.15, -0.1) is 0 Å². The molecule has 0 aliphatic heterocycles. The van der Waals surface area contributed by atoms with Crippen molar-refractivity contribution in [3.63, 3.8) is 0 Å². The maximum Gasteiger partial charge on any atom is 0.344 e. The minimum Gasteiger partial charge on any atom is -0.490 e. The van der Waals surface area contributed by atoms with Gasteiger partial charge in [-0.05, 0) is 60.5 Å². The van der Waals surface area contributed by atoms with E-state index in [0.717, 1.165) is 5.56 Å². The number of urea groups is 1. The fourth-order valence-electron chi connectivity index (χ4n) is 2.39. The molecule has 0 saturated heterocycles. The Hall–Kier alpha value is -3.07. The number of aryl methyl sites for hydroxylation is 1. The van der Waals surface area contributed by atoms with Crippen molar-refractivity contribution < 1.29 is 23.8 Å². The topological polar surface area (TPSA) is 98.3 Å². The minimum absolute atomic E-state index is 0.228. The zero-order valence-electron chi connectivity index (χ0n) is 17.0. The summed E-state index contributed by atoms with van der Waals surface area (Å²) in [5, 5.41) is 6.70. The van der Waals surface area contributed by atoms with Crippen molar-refractivity contribution in [3.05, 3.63) is 52.0 Å². The third kappa shape index (κ3) is 7.07. The Labute approximate surface area is 183 Å². The number of hydrazone groups is 1. The van der Waals surface area contributed by atoms with Crippen LogP contribution in [0, 0.1) is 6.92 Å². The normalized spacial score (nSPS) is 10.5. The van der Waals surface area contributed by atoms with E-state index in [-0.39, 0.29) is 13.2 Å². The molecule has 0 aromatic heterocycles. The predicted molar refractivity (Wildman–Crippen MR) is 118 cm³/mol. The number of carbonyl (C=O) groups is 2. The van der Waals surface area contributed by atoms with Crippen LogP contribution in [0.3, 0.4) is 0 Å². The van der Waals surface area contributed by atoms with Crippen LogP contribution >= 0.6 is 15.9 Å². The predicted octanol–water partition coefficient (Wildman–Crippen LogP) is 4.25. The molecule has 0 radical (unpaired) electrons. The molecule has 2 aromatic carbocycles. The van der Waals surface area contributed by atoms with Crippen molar-refractivity contribution in [3.8, 4) is 11.5 Å². The average molecular weight is 478 g/mol. The lowest BCUT2D eigenvalue weighted by molar-refractivity contribution is -0.145. The van der Waals surface area contributed by atoms with Gasteiger partial charge in [-0.2, -0.15) is 5.10 Å². The summed E-state index contributed by atoms with van der Waals surface area (Å²) in [5.41, 5.74) is 4.72. The highest BCUT2D eigenvalue weighted by Gasteiger charge is 2.12. The van der Waals surface area contributed by atoms with Gasteiger partial charge in [0.25, 0.3) is 0 Å². The number of esters is 1. The minimum atomic E-state index is -0.467. The van der Waals surface area contributed by atoms with Crippen molar-refractivity contribution in [2.24, 2.45) is 5.10 Å². The number of anilines is 1. The lowest BCUT2D eigenvalue weighted by atomic mass is 10.2. The Morgan fingerprint density at radius 3 is 2.53 bits per heavy atom. The zero-order chi connectivity index (χ0) is 21.9. The number of para-hydroxylation sites is 1. The molecule has 0 aliphatic carbocycles. The van der Waals surface area contributed by atoms with E-state index in [1.165, 1.54) is 6.21 Å². The zero-order valence-corrected chi connectivity index (χ0v) is 18.6. The highest BCUT2D eigenvalue weighted by atomic mass is 79.9. The third-order valence-corrected chi connectivity index (χ3v) is 4.46. The lowest BCUT2D eigenvalue weighted by Crippen LogP contribution is -2.24. The molecular formula is C21H24BrN3O5. The number of rotatable bonds is 9. The molecule has 0 fully saturated rings. The highest BCUT2D eigenvalue weighted by Crippen LogP contribution is 2.33. The largest absolute Gasteiger partial charge is 0.490 e. The molecule has 8 nitrogen and oxygen atoms in total. The van der Waals surface area contributed by atoms with Crippen LogP contribution in [0.5, 0.6) is 11.5 Å². The number of amides is 2. The Morgan fingerprint density at radius 1 is 1.10 bits per heavy atom. The summed E-state index contributed by atoms with van der Waals surface area (Å²) < 4.78 is 16.6. The van der Waals surface area contributed by atoms with E-state index < -0.39 is 12.0 Å². The smallest absolute Gasteiger partial charge is 0.344 e. The van der Waals surface area contributed by atoms with Crippen molar-refractivity contribution in [1.82, 2.24) is 5.43 Å². The van der Waals surface area contributed by atoms with Gasteiger partial charge in [0, 0.05) is 15.7 Å². The van der Waals surface area contributed by atoms with Gasteiger partial charge in [0.1, 0.15) is 0 Å². The van der Waals surface area contributed by atoms with Crippen LogP contribution in [0.4, 0.5) is 10.5 Å². The molecule has 0 heterocycles. The second-order valence-electron chi connectivity index (χ2n) is 5.99. The molecule has 2 amide bonds. The van der Waals surface area contributed by atoms with E-state index >= 15 is 0 Å². The lowest BCUT2D eigenvalue weighted by Gasteiger charge is -2.13. The van der Waals surface area contributed by atoms with E-state index in [1.54, 1.807) is 25.1 Å².